The molecule has 202 valence electrons. The smallest absolute Gasteiger partial charge is 0.328 e. The maximum Gasteiger partial charge on any atom is 0.328 e. The molecule has 0 saturated carbocycles. The zero-order valence-electron chi connectivity index (χ0n) is 22.0. The number of carbonyl (C=O) groups excluding carboxylic acids is 4. The molecule has 3 N–H and O–H groups in total. The van der Waals surface area contributed by atoms with Crippen molar-refractivity contribution in [3.05, 3.63) is 71.4 Å². The van der Waals surface area contributed by atoms with Gasteiger partial charge in [-0.05, 0) is 82.2 Å². The van der Waals surface area contributed by atoms with Crippen molar-refractivity contribution in [3.63, 3.8) is 0 Å². The van der Waals surface area contributed by atoms with Gasteiger partial charge in [0, 0.05) is 28.8 Å². The number of ether oxygens (including phenoxy) is 1. The quantitative estimate of drug-likeness (QED) is 0.401. The van der Waals surface area contributed by atoms with Crippen LogP contribution in [-0.2, 0) is 16.2 Å². The van der Waals surface area contributed by atoms with E-state index in [2.05, 4.69) is 25.8 Å². The first-order valence-corrected chi connectivity index (χ1v) is 13.0. The van der Waals surface area contributed by atoms with Crippen LogP contribution in [0.25, 0.3) is 10.9 Å². The van der Waals surface area contributed by atoms with Crippen molar-refractivity contribution in [2.75, 3.05) is 26.7 Å². The van der Waals surface area contributed by atoms with Gasteiger partial charge in [-0.3, -0.25) is 30.0 Å². The molecular formula is C29H31N5O5. The Kier molecular flexibility index (Phi) is 7.30. The van der Waals surface area contributed by atoms with Crippen molar-refractivity contribution in [2.45, 2.75) is 26.4 Å². The van der Waals surface area contributed by atoms with E-state index in [-0.39, 0.29) is 12.5 Å². The van der Waals surface area contributed by atoms with Crippen molar-refractivity contribution in [3.8, 4) is 5.75 Å². The number of para-hydroxylation sites is 1. The molecule has 2 aliphatic rings. The topological polar surface area (TPSA) is 130 Å². The van der Waals surface area contributed by atoms with Crippen molar-refractivity contribution < 1.29 is 23.9 Å². The van der Waals surface area contributed by atoms with Crippen LogP contribution in [0.3, 0.4) is 0 Å². The molecule has 0 spiro atoms. The van der Waals surface area contributed by atoms with E-state index in [0.717, 1.165) is 22.2 Å². The van der Waals surface area contributed by atoms with Crippen LogP contribution < -0.4 is 20.7 Å². The number of benzene rings is 2. The lowest BCUT2D eigenvalue weighted by atomic mass is 9.68. The van der Waals surface area contributed by atoms with Crippen LogP contribution in [0.5, 0.6) is 5.75 Å². The molecule has 0 unspecified atom stereocenters. The number of piperidine rings is 1. The summed E-state index contributed by atoms with van der Waals surface area (Å²) in [4.78, 5) is 57.5. The molecule has 3 heterocycles. The molecular weight excluding hydrogens is 498 g/mol. The molecule has 10 heteroatoms. The number of rotatable bonds is 7. The summed E-state index contributed by atoms with van der Waals surface area (Å²) in [7, 11) is 1.98. The van der Waals surface area contributed by atoms with Crippen LogP contribution >= 0.6 is 0 Å². The second-order valence-corrected chi connectivity index (χ2v) is 10.2. The molecule has 2 aromatic carbocycles. The molecule has 2 fully saturated rings. The fourth-order valence-electron chi connectivity index (χ4n) is 5.44. The molecule has 0 radical (unpaired) electrons. The van der Waals surface area contributed by atoms with Gasteiger partial charge in [-0.1, -0.05) is 18.2 Å². The predicted octanol–water partition coefficient (Wildman–Crippen LogP) is 2.55. The minimum atomic E-state index is -1.56. The fourth-order valence-corrected chi connectivity index (χ4v) is 5.44. The number of barbiturate groups is 1. The summed E-state index contributed by atoms with van der Waals surface area (Å²) in [5, 5.41) is 8.24. The Balaban J connectivity index is 1.26. The van der Waals surface area contributed by atoms with E-state index in [1.165, 1.54) is 0 Å². The standard InChI is InChI=1S/C29H31N5O5/c1-18-15-20(23-5-3-4-6-24(23)31-18)16-39-22-9-7-19(8-10-22)25(35)30-17-29(21-11-13-34(2)14-12-21)26(36)32-28(38)33-27(29)37/h3-10,15,21H,11-14,16-17H2,1-2H3,(H,30,35)(H2,32,33,36,37,38). The summed E-state index contributed by atoms with van der Waals surface area (Å²) >= 11 is 0. The highest BCUT2D eigenvalue weighted by Gasteiger charge is 2.55. The van der Waals surface area contributed by atoms with Crippen molar-refractivity contribution in [1.29, 1.82) is 0 Å². The first-order valence-electron chi connectivity index (χ1n) is 13.0. The number of aromatic nitrogens is 1. The summed E-state index contributed by atoms with van der Waals surface area (Å²) < 4.78 is 5.99. The summed E-state index contributed by atoms with van der Waals surface area (Å²) in [6.45, 7) is 3.50. The van der Waals surface area contributed by atoms with E-state index < -0.39 is 29.2 Å². The minimum Gasteiger partial charge on any atom is -0.489 e. The zero-order valence-corrected chi connectivity index (χ0v) is 22.0. The number of fused-ring (bicyclic) bond motifs is 1. The van der Waals surface area contributed by atoms with Gasteiger partial charge in [0.05, 0.1) is 5.52 Å². The maximum absolute atomic E-state index is 13.0. The van der Waals surface area contributed by atoms with E-state index >= 15 is 0 Å². The summed E-state index contributed by atoms with van der Waals surface area (Å²) in [6, 6.07) is 15.7. The largest absolute Gasteiger partial charge is 0.489 e. The molecule has 1 aromatic heterocycles. The molecule has 0 aliphatic carbocycles. The normalized spacial score (nSPS) is 17.9. The Morgan fingerprint density at radius 2 is 1.72 bits per heavy atom. The average molecular weight is 530 g/mol. The molecule has 5 rings (SSSR count). The number of carbonyl (C=O) groups is 4. The minimum absolute atomic E-state index is 0.210. The number of amides is 5. The lowest BCUT2D eigenvalue weighted by molar-refractivity contribution is -0.149. The number of aryl methyl sites for hydroxylation is 1. The van der Waals surface area contributed by atoms with E-state index in [4.69, 9.17) is 4.74 Å². The van der Waals surface area contributed by atoms with Gasteiger partial charge in [0.1, 0.15) is 17.8 Å². The molecule has 0 atom stereocenters. The maximum atomic E-state index is 13.0. The number of urea groups is 1. The molecule has 5 amide bonds. The molecule has 2 aliphatic heterocycles. The summed E-state index contributed by atoms with van der Waals surface area (Å²) in [6.07, 6.45) is 1.19. The SMILES string of the molecule is Cc1cc(COc2ccc(C(=O)NCC3(C4CCN(C)CC4)C(=O)NC(=O)NC3=O)cc2)c2ccccc2n1. The molecule has 0 bridgehead atoms. The molecule has 2 saturated heterocycles. The van der Waals surface area contributed by atoms with Gasteiger partial charge in [-0.15, -0.1) is 0 Å². The van der Waals surface area contributed by atoms with E-state index in [1.54, 1.807) is 24.3 Å². The van der Waals surface area contributed by atoms with Crippen molar-refractivity contribution in [2.24, 2.45) is 11.3 Å². The van der Waals surface area contributed by atoms with Crippen molar-refractivity contribution in [1.82, 2.24) is 25.8 Å². The highest BCUT2D eigenvalue weighted by molar-refractivity contribution is 6.19. The monoisotopic (exact) mass is 529 g/mol. The summed E-state index contributed by atoms with van der Waals surface area (Å²) in [5.41, 5.74) is 1.63. The molecule has 3 aromatic rings. The molecule has 39 heavy (non-hydrogen) atoms. The number of likely N-dealkylation sites (tertiary alicyclic amines) is 1. The van der Waals surface area contributed by atoms with Gasteiger partial charge in [0.15, 0.2) is 0 Å². The highest BCUT2D eigenvalue weighted by Crippen LogP contribution is 2.37. The highest BCUT2D eigenvalue weighted by atomic mass is 16.5. The Bertz CT molecular complexity index is 1410. The van der Waals surface area contributed by atoms with Gasteiger partial charge in [0.2, 0.25) is 11.8 Å². The predicted molar refractivity (Wildman–Crippen MR) is 144 cm³/mol. The summed E-state index contributed by atoms with van der Waals surface area (Å²) in [5.74, 6) is -1.49. The van der Waals surface area contributed by atoms with Gasteiger partial charge in [-0.2, -0.15) is 0 Å². The van der Waals surface area contributed by atoms with Gasteiger partial charge < -0.3 is 15.0 Å². The Hall–Kier alpha value is -4.31. The third kappa shape index (κ3) is 5.33. The van der Waals surface area contributed by atoms with Gasteiger partial charge >= 0.3 is 6.03 Å². The molecule has 10 nitrogen and oxygen atoms in total. The number of pyridine rings is 1. The van der Waals surface area contributed by atoms with Crippen LogP contribution in [-0.4, -0.2) is 60.3 Å². The van der Waals surface area contributed by atoms with Gasteiger partial charge in [0.25, 0.3) is 5.91 Å². The first kappa shape index (κ1) is 26.3. The second kappa shape index (κ2) is 10.8. The first-order chi connectivity index (χ1) is 18.8. The Morgan fingerprint density at radius 3 is 2.41 bits per heavy atom. The van der Waals surface area contributed by atoms with Crippen LogP contribution in [0, 0.1) is 18.3 Å². The van der Waals surface area contributed by atoms with Crippen LogP contribution in [0.2, 0.25) is 0 Å². The van der Waals surface area contributed by atoms with Crippen LogP contribution in [0.4, 0.5) is 4.79 Å². The number of nitrogens with one attached hydrogen (secondary N) is 3. The lowest BCUT2D eigenvalue weighted by Gasteiger charge is -2.43. The third-order valence-corrected chi connectivity index (χ3v) is 7.65. The van der Waals surface area contributed by atoms with Crippen LogP contribution in [0.15, 0.2) is 54.6 Å². The Labute approximate surface area is 226 Å². The average Bonchev–Trinajstić information content (AvgIpc) is 2.92. The van der Waals surface area contributed by atoms with E-state index in [0.29, 0.717) is 43.9 Å². The Morgan fingerprint density at radius 1 is 1.05 bits per heavy atom. The lowest BCUT2D eigenvalue weighted by Crippen LogP contribution is -2.68. The van der Waals surface area contributed by atoms with Crippen LogP contribution in [0.1, 0.15) is 34.5 Å². The third-order valence-electron chi connectivity index (χ3n) is 7.65. The second-order valence-electron chi connectivity index (χ2n) is 10.2. The number of hydrogen-bond donors (Lipinski definition) is 3. The fraction of sp³-hybridized carbons (Fsp3) is 0.345. The number of hydrogen-bond acceptors (Lipinski definition) is 7. The number of nitrogens with zero attached hydrogens (tertiary/aromatic N) is 2. The van der Waals surface area contributed by atoms with Gasteiger partial charge in [-0.25, -0.2) is 4.79 Å². The van der Waals surface area contributed by atoms with E-state index in [9.17, 15) is 19.2 Å². The van der Waals surface area contributed by atoms with E-state index in [1.807, 2.05) is 44.3 Å². The van der Waals surface area contributed by atoms with Crippen molar-refractivity contribution >= 4 is 34.7 Å². The number of imide groups is 2. The zero-order chi connectivity index (χ0) is 27.6.